The third kappa shape index (κ3) is 3.54. The SMILES string of the molecule is CCCn1nc(-c2cccc(OCC)c2)cc(C(C)N)c1=O. The summed E-state index contributed by atoms with van der Waals surface area (Å²) in [6.07, 6.45) is 0.841. The fraction of sp³-hybridized carbons (Fsp3) is 0.412. The Labute approximate surface area is 130 Å². The van der Waals surface area contributed by atoms with Crippen molar-refractivity contribution in [3.05, 3.63) is 46.2 Å². The maximum atomic E-state index is 12.3. The van der Waals surface area contributed by atoms with Crippen molar-refractivity contribution >= 4 is 0 Å². The van der Waals surface area contributed by atoms with Gasteiger partial charge in [-0.1, -0.05) is 19.1 Å². The van der Waals surface area contributed by atoms with Crippen molar-refractivity contribution in [3.63, 3.8) is 0 Å². The highest BCUT2D eigenvalue weighted by atomic mass is 16.5. The largest absolute Gasteiger partial charge is 0.494 e. The second-order valence-electron chi connectivity index (χ2n) is 5.26. The second-order valence-corrected chi connectivity index (χ2v) is 5.26. The molecular formula is C17H23N3O2. The lowest BCUT2D eigenvalue weighted by molar-refractivity contribution is 0.340. The van der Waals surface area contributed by atoms with Gasteiger partial charge in [0.05, 0.1) is 12.3 Å². The summed E-state index contributed by atoms with van der Waals surface area (Å²) in [5.41, 5.74) is 8.06. The number of rotatable bonds is 6. The molecule has 0 saturated heterocycles. The first-order chi connectivity index (χ1) is 10.6. The molecule has 118 valence electrons. The van der Waals surface area contributed by atoms with E-state index in [0.29, 0.717) is 18.7 Å². The van der Waals surface area contributed by atoms with Crippen LogP contribution in [0.5, 0.6) is 5.75 Å². The van der Waals surface area contributed by atoms with E-state index in [1.54, 1.807) is 6.07 Å². The first kappa shape index (κ1) is 16.2. The van der Waals surface area contributed by atoms with Gasteiger partial charge in [0.25, 0.3) is 5.56 Å². The van der Waals surface area contributed by atoms with E-state index < -0.39 is 0 Å². The molecule has 0 aliphatic heterocycles. The van der Waals surface area contributed by atoms with E-state index in [1.165, 1.54) is 4.68 Å². The van der Waals surface area contributed by atoms with Gasteiger partial charge in [-0.25, -0.2) is 4.68 Å². The molecule has 0 aliphatic carbocycles. The molecule has 5 nitrogen and oxygen atoms in total. The Balaban J connectivity index is 2.54. The van der Waals surface area contributed by atoms with Crippen LogP contribution in [0.3, 0.4) is 0 Å². The number of aryl methyl sites for hydroxylation is 1. The number of ether oxygens (including phenoxy) is 1. The Morgan fingerprint density at radius 2 is 2.09 bits per heavy atom. The van der Waals surface area contributed by atoms with Crippen LogP contribution in [0.15, 0.2) is 35.1 Å². The Morgan fingerprint density at radius 3 is 2.73 bits per heavy atom. The van der Waals surface area contributed by atoms with Gasteiger partial charge in [0.15, 0.2) is 0 Å². The van der Waals surface area contributed by atoms with Crippen molar-refractivity contribution in [2.24, 2.45) is 5.73 Å². The Hall–Kier alpha value is -2.14. The molecule has 1 unspecified atom stereocenters. The first-order valence-electron chi connectivity index (χ1n) is 7.67. The average molecular weight is 301 g/mol. The van der Waals surface area contributed by atoms with Crippen LogP contribution in [-0.4, -0.2) is 16.4 Å². The standard InChI is InChI=1S/C17H23N3O2/c1-4-9-20-17(21)15(12(3)18)11-16(19-20)13-7-6-8-14(10-13)22-5-2/h6-8,10-12H,4-5,9,18H2,1-3H3. The van der Waals surface area contributed by atoms with Crippen molar-refractivity contribution in [2.45, 2.75) is 39.8 Å². The predicted octanol–water partition coefficient (Wildman–Crippen LogP) is 2.74. The average Bonchev–Trinajstić information content (AvgIpc) is 2.50. The summed E-state index contributed by atoms with van der Waals surface area (Å²) < 4.78 is 7.03. The molecule has 0 saturated carbocycles. The van der Waals surface area contributed by atoms with Gasteiger partial charge in [-0.2, -0.15) is 5.10 Å². The van der Waals surface area contributed by atoms with Crippen LogP contribution in [0.25, 0.3) is 11.3 Å². The molecule has 0 fully saturated rings. The number of aromatic nitrogens is 2. The third-order valence-electron chi connectivity index (χ3n) is 3.37. The lowest BCUT2D eigenvalue weighted by Gasteiger charge is -2.12. The third-order valence-corrected chi connectivity index (χ3v) is 3.37. The highest BCUT2D eigenvalue weighted by molar-refractivity contribution is 5.61. The highest BCUT2D eigenvalue weighted by Gasteiger charge is 2.13. The van der Waals surface area contributed by atoms with Crippen LogP contribution in [0.4, 0.5) is 0 Å². The van der Waals surface area contributed by atoms with Gasteiger partial charge in [-0.05, 0) is 38.5 Å². The molecule has 1 atom stereocenters. The lowest BCUT2D eigenvalue weighted by Crippen LogP contribution is -2.29. The fourth-order valence-electron chi connectivity index (χ4n) is 2.30. The number of benzene rings is 1. The van der Waals surface area contributed by atoms with Crippen LogP contribution in [0.2, 0.25) is 0 Å². The minimum atomic E-state index is -0.326. The molecule has 0 aliphatic rings. The van der Waals surface area contributed by atoms with Gasteiger partial charge in [0.2, 0.25) is 0 Å². The van der Waals surface area contributed by atoms with Gasteiger partial charge in [-0.15, -0.1) is 0 Å². The van der Waals surface area contributed by atoms with Crippen LogP contribution in [0, 0.1) is 0 Å². The zero-order chi connectivity index (χ0) is 16.1. The molecule has 0 spiro atoms. The maximum absolute atomic E-state index is 12.3. The Morgan fingerprint density at radius 1 is 1.32 bits per heavy atom. The van der Waals surface area contributed by atoms with E-state index in [-0.39, 0.29) is 11.6 Å². The summed E-state index contributed by atoms with van der Waals surface area (Å²) in [4.78, 5) is 12.3. The molecule has 0 radical (unpaired) electrons. The van der Waals surface area contributed by atoms with Gasteiger partial charge in [-0.3, -0.25) is 4.79 Å². The summed E-state index contributed by atoms with van der Waals surface area (Å²) in [5.74, 6) is 0.789. The van der Waals surface area contributed by atoms with E-state index >= 15 is 0 Å². The predicted molar refractivity (Wildman–Crippen MR) is 88.0 cm³/mol. The maximum Gasteiger partial charge on any atom is 0.271 e. The summed E-state index contributed by atoms with van der Waals surface area (Å²) in [6, 6.07) is 9.16. The van der Waals surface area contributed by atoms with Crippen molar-refractivity contribution < 1.29 is 4.74 Å². The molecule has 1 heterocycles. The molecule has 0 amide bonds. The first-order valence-corrected chi connectivity index (χ1v) is 7.67. The number of nitrogens with two attached hydrogens (primary N) is 1. The van der Waals surface area contributed by atoms with Crippen LogP contribution >= 0.6 is 0 Å². The highest BCUT2D eigenvalue weighted by Crippen LogP contribution is 2.23. The van der Waals surface area contributed by atoms with E-state index in [4.69, 9.17) is 10.5 Å². The molecule has 2 rings (SSSR count). The summed E-state index contributed by atoms with van der Waals surface area (Å²) >= 11 is 0. The van der Waals surface area contributed by atoms with Gasteiger partial charge in [0.1, 0.15) is 5.75 Å². The molecule has 2 N–H and O–H groups in total. The molecule has 22 heavy (non-hydrogen) atoms. The number of hydrogen-bond acceptors (Lipinski definition) is 4. The van der Waals surface area contributed by atoms with E-state index in [9.17, 15) is 4.79 Å². The quantitative estimate of drug-likeness (QED) is 0.890. The van der Waals surface area contributed by atoms with E-state index in [1.807, 2.05) is 45.0 Å². The van der Waals surface area contributed by atoms with Crippen LogP contribution < -0.4 is 16.0 Å². The Bertz CT molecular complexity index is 693. The summed E-state index contributed by atoms with van der Waals surface area (Å²) in [5, 5.41) is 4.47. The molecule has 5 heteroatoms. The smallest absolute Gasteiger partial charge is 0.271 e. The zero-order valence-corrected chi connectivity index (χ0v) is 13.4. The number of hydrogen-bond donors (Lipinski definition) is 1. The number of nitrogens with zero attached hydrogens (tertiary/aromatic N) is 2. The minimum absolute atomic E-state index is 0.110. The van der Waals surface area contributed by atoms with Crippen molar-refractivity contribution in [1.29, 1.82) is 0 Å². The summed E-state index contributed by atoms with van der Waals surface area (Å²) in [7, 11) is 0. The topological polar surface area (TPSA) is 70.1 Å². The molecule has 0 bridgehead atoms. The molecular weight excluding hydrogens is 278 g/mol. The molecule has 2 aromatic rings. The van der Waals surface area contributed by atoms with Crippen LogP contribution in [0.1, 0.15) is 38.8 Å². The van der Waals surface area contributed by atoms with Crippen molar-refractivity contribution in [2.75, 3.05) is 6.61 Å². The zero-order valence-electron chi connectivity index (χ0n) is 13.4. The van der Waals surface area contributed by atoms with Gasteiger partial charge in [0, 0.05) is 23.7 Å². The van der Waals surface area contributed by atoms with E-state index in [2.05, 4.69) is 5.10 Å². The van der Waals surface area contributed by atoms with Crippen molar-refractivity contribution in [3.8, 4) is 17.0 Å². The lowest BCUT2D eigenvalue weighted by atomic mass is 10.1. The fourth-order valence-corrected chi connectivity index (χ4v) is 2.30. The molecule has 1 aromatic heterocycles. The summed E-state index contributed by atoms with van der Waals surface area (Å²) in [6.45, 7) is 6.96. The Kier molecular flexibility index (Phi) is 5.33. The monoisotopic (exact) mass is 301 g/mol. The van der Waals surface area contributed by atoms with Crippen molar-refractivity contribution in [1.82, 2.24) is 9.78 Å². The van der Waals surface area contributed by atoms with Gasteiger partial charge < -0.3 is 10.5 Å². The van der Waals surface area contributed by atoms with Crippen LogP contribution in [-0.2, 0) is 6.54 Å². The van der Waals surface area contributed by atoms with E-state index in [0.717, 1.165) is 23.4 Å². The van der Waals surface area contributed by atoms with Gasteiger partial charge >= 0.3 is 0 Å². The minimum Gasteiger partial charge on any atom is -0.494 e. The molecule has 1 aromatic carbocycles. The normalized spacial score (nSPS) is 12.2. The second kappa shape index (κ2) is 7.22.